The molecule has 1 saturated heterocycles. The Kier molecular flexibility index (Phi) is 6.99. The van der Waals surface area contributed by atoms with Gasteiger partial charge in [0, 0.05) is 50.7 Å². The van der Waals surface area contributed by atoms with Gasteiger partial charge in [-0.3, -0.25) is 9.69 Å². The van der Waals surface area contributed by atoms with Crippen LogP contribution in [-0.4, -0.2) is 60.0 Å². The van der Waals surface area contributed by atoms with E-state index in [0.717, 1.165) is 51.2 Å². The van der Waals surface area contributed by atoms with Crippen molar-refractivity contribution in [3.63, 3.8) is 0 Å². The van der Waals surface area contributed by atoms with Crippen LogP contribution in [0.4, 0.5) is 0 Å². The standard InChI is InChI=1S/C25H32N4O2/c1-19(2)25-27-22-10-9-21(17-23(22)31-25)24(30)26-11-6-12-28-13-15-29(16-14-28)18-20-7-4-3-5-8-20/h3-5,7-10,17,19H,6,11-16,18H2,1-2H3,(H,26,30). The number of hydrogen-bond acceptors (Lipinski definition) is 5. The van der Waals surface area contributed by atoms with E-state index in [0.29, 0.717) is 23.6 Å². The Morgan fingerprint density at radius 2 is 1.81 bits per heavy atom. The number of oxazole rings is 1. The number of nitrogens with one attached hydrogen (secondary N) is 1. The zero-order valence-electron chi connectivity index (χ0n) is 18.5. The third kappa shape index (κ3) is 5.71. The first-order valence-electron chi connectivity index (χ1n) is 11.3. The summed E-state index contributed by atoms with van der Waals surface area (Å²) in [4.78, 5) is 22.0. The number of piperazine rings is 1. The van der Waals surface area contributed by atoms with Crippen molar-refractivity contribution in [3.05, 3.63) is 65.5 Å². The molecule has 164 valence electrons. The van der Waals surface area contributed by atoms with Crippen LogP contribution >= 0.6 is 0 Å². The second kappa shape index (κ2) is 10.1. The number of aromatic nitrogens is 1. The van der Waals surface area contributed by atoms with E-state index in [1.54, 1.807) is 6.07 Å². The highest BCUT2D eigenvalue weighted by Crippen LogP contribution is 2.22. The van der Waals surface area contributed by atoms with Gasteiger partial charge in [0.15, 0.2) is 11.5 Å². The van der Waals surface area contributed by atoms with Crippen molar-refractivity contribution in [3.8, 4) is 0 Å². The third-order valence-corrected chi connectivity index (χ3v) is 5.81. The van der Waals surface area contributed by atoms with E-state index in [1.165, 1.54) is 5.56 Å². The van der Waals surface area contributed by atoms with Gasteiger partial charge in [-0.05, 0) is 36.7 Å². The number of amides is 1. The molecule has 0 radical (unpaired) electrons. The van der Waals surface area contributed by atoms with Crippen molar-refractivity contribution in [1.82, 2.24) is 20.1 Å². The minimum atomic E-state index is -0.0583. The van der Waals surface area contributed by atoms with Crippen LogP contribution in [0.15, 0.2) is 52.9 Å². The van der Waals surface area contributed by atoms with Crippen LogP contribution in [-0.2, 0) is 6.54 Å². The van der Waals surface area contributed by atoms with E-state index in [1.807, 2.05) is 26.0 Å². The van der Waals surface area contributed by atoms with E-state index in [-0.39, 0.29) is 11.8 Å². The van der Waals surface area contributed by atoms with Gasteiger partial charge in [0.1, 0.15) is 5.52 Å². The molecular formula is C25H32N4O2. The molecule has 0 atom stereocenters. The van der Waals surface area contributed by atoms with E-state index < -0.39 is 0 Å². The molecule has 4 rings (SSSR count). The number of fused-ring (bicyclic) bond motifs is 1. The fourth-order valence-corrected chi connectivity index (χ4v) is 3.95. The largest absolute Gasteiger partial charge is 0.440 e. The lowest BCUT2D eigenvalue weighted by molar-refractivity contribution is 0.0947. The zero-order chi connectivity index (χ0) is 21.6. The molecule has 0 unspecified atom stereocenters. The van der Waals surface area contributed by atoms with E-state index >= 15 is 0 Å². The summed E-state index contributed by atoms with van der Waals surface area (Å²) in [5, 5.41) is 3.04. The summed E-state index contributed by atoms with van der Waals surface area (Å²) in [5.41, 5.74) is 3.47. The van der Waals surface area contributed by atoms with Crippen molar-refractivity contribution in [2.45, 2.75) is 32.7 Å². The van der Waals surface area contributed by atoms with Crippen LogP contribution in [0.3, 0.4) is 0 Å². The molecule has 6 heteroatoms. The Balaban J connectivity index is 1.17. The summed E-state index contributed by atoms with van der Waals surface area (Å²) < 4.78 is 5.77. The first-order chi connectivity index (χ1) is 15.1. The molecule has 0 bridgehead atoms. The lowest BCUT2D eigenvalue weighted by Gasteiger charge is -2.34. The molecule has 0 aliphatic carbocycles. The smallest absolute Gasteiger partial charge is 0.251 e. The normalized spacial score (nSPS) is 15.6. The summed E-state index contributed by atoms with van der Waals surface area (Å²) in [7, 11) is 0. The summed E-state index contributed by atoms with van der Waals surface area (Å²) in [6, 6.07) is 16.1. The third-order valence-electron chi connectivity index (χ3n) is 5.81. The number of nitrogens with zero attached hydrogens (tertiary/aromatic N) is 3. The minimum absolute atomic E-state index is 0.0583. The topological polar surface area (TPSA) is 61.6 Å². The lowest BCUT2D eigenvalue weighted by Crippen LogP contribution is -2.46. The predicted molar refractivity (Wildman–Crippen MR) is 123 cm³/mol. The molecule has 6 nitrogen and oxygen atoms in total. The molecule has 1 N–H and O–H groups in total. The maximum Gasteiger partial charge on any atom is 0.251 e. The van der Waals surface area contributed by atoms with Gasteiger partial charge >= 0.3 is 0 Å². The molecule has 2 heterocycles. The number of hydrogen-bond donors (Lipinski definition) is 1. The first kappa shape index (κ1) is 21.5. The van der Waals surface area contributed by atoms with Gasteiger partial charge in [-0.1, -0.05) is 44.2 Å². The maximum atomic E-state index is 12.5. The van der Waals surface area contributed by atoms with Crippen molar-refractivity contribution in [2.75, 3.05) is 39.3 Å². The number of rotatable bonds is 8. The quantitative estimate of drug-likeness (QED) is 0.560. The van der Waals surface area contributed by atoms with E-state index in [9.17, 15) is 4.79 Å². The Morgan fingerprint density at radius 3 is 2.55 bits per heavy atom. The predicted octanol–water partition coefficient (Wildman–Crippen LogP) is 3.89. The average molecular weight is 421 g/mol. The van der Waals surface area contributed by atoms with Crippen molar-refractivity contribution < 1.29 is 9.21 Å². The van der Waals surface area contributed by atoms with Gasteiger partial charge < -0.3 is 14.6 Å². The Hall–Kier alpha value is -2.70. The molecule has 1 amide bonds. The molecular weight excluding hydrogens is 388 g/mol. The number of benzene rings is 2. The van der Waals surface area contributed by atoms with E-state index in [2.05, 4.69) is 50.4 Å². The molecule has 1 aliphatic rings. The summed E-state index contributed by atoms with van der Waals surface area (Å²) >= 11 is 0. The van der Waals surface area contributed by atoms with Gasteiger partial charge in [-0.25, -0.2) is 4.98 Å². The van der Waals surface area contributed by atoms with Gasteiger partial charge in [0.25, 0.3) is 5.91 Å². The Morgan fingerprint density at radius 1 is 1.06 bits per heavy atom. The summed E-state index contributed by atoms with van der Waals surface area (Å²) in [6.45, 7) is 11.2. The molecule has 1 aliphatic heterocycles. The van der Waals surface area contributed by atoms with Gasteiger partial charge in [0.2, 0.25) is 0 Å². The monoisotopic (exact) mass is 420 g/mol. The maximum absolute atomic E-state index is 12.5. The second-order valence-corrected chi connectivity index (χ2v) is 8.60. The highest BCUT2D eigenvalue weighted by atomic mass is 16.3. The molecule has 31 heavy (non-hydrogen) atoms. The summed E-state index contributed by atoms with van der Waals surface area (Å²) in [5.74, 6) is 0.874. The SMILES string of the molecule is CC(C)c1nc2ccc(C(=O)NCCCN3CCN(Cc4ccccc4)CC3)cc2o1. The molecule has 2 aromatic carbocycles. The van der Waals surface area contributed by atoms with Crippen LogP contribution in [0, 0.1) is 0 Å². The molecule has 3 aromatic rings. The van der Waals surface area contributed by atoms with Crippen LogP contribution in [0.1, 0.15) is 48.0 Å². The highest BCUT2D eigenvalue weighted by molar-refractivity contribution is 5.97. The van der Waals surface area contributed by atoms with Crippen LogP contribution in [0.25, 0.3) is 11.1 Å². The fourth-order valence-electron chi connectivity index (χ4n) is 3.95. The van der Waals surface area contributed by atoms with Crippen molar-refractivity contribution in [1.29, 1.82) is 0 Å². The highest BCUT2D eigenvalue weighted by Gasteiger charge is 2.17. The first-order valence-corrected chi connectivity index (χ1v) is 11.3. The van der Waals surface area contributed by atoms with E-state index in [4.69, 9.17) is 4.42 Å². The fraction of sp³-hybridized carbons (Fsp3) is 0.440. The molecule has 1 fully saturated rings. The van der Waals surface area contributed by atoms with Gasteiger partial charge in [0.05, 0.1) is 0 Å². The Labute approximate surface area is 184 Å². The number of carbonyl (C=O) groups excluding carboxylic acids is 1. The van der Waals surface area contributed by atoms with Crippen molar-refractivity contribution >= 4 is 17.0 Å². The minimum Gasteiger partial charge on any atom is -0.440 e. The molecule has 0 saturated carbocycles. The average Bonchev–Trinajstić information content (AvgIpc) is 3.22. The van der Waals surface area contributed by atoms with Crippen molar-refractivity contribution in [2.24, 2.45) is 0 Å². The zero-order valence-corrected chi connectivity index (χ0v) is 18.5. The van der Waals surface area contributed by atoms with Crippen LogP contribution in [0.2, 0.25) is 0 Å². The number of carbonyl (C=O) groups is 1. The summed E-state index contributed by atoms with van der Waals surface area (Å²) in [6.07, 6.45) is 0.951. The Bertz CT molecular complexity index is 991. The van der Waals surface area contributed by atoms with Gasteiger partial charge in [-0.2, -0.15) is 0 Å². The van der Waals surface area contributed by atoms with Crippen LogP contribution < -0.4 is 5.32 Å². The van der Waals surface area contributed by atoms with Gasteiger partial charge in [-0.15, -0.1) is 0 Å². The molecule has 0 spiro atoms. The second-order valence-electron chi connectivity index (χ2n) is 8.60. The van der Waals surface area contributed by atoms with Crippen LogP contribution in [0.5, 0.6) is 0 Å². The lowest BCUT2D eigenvalue weighted by atomic mass is 10.2. The molecule has 1 aromatic heterocycles.